The average Bonchev–Trinajstić information content (AvgIpc) is 2.33. The van der Waals surface area contributed by atoms with Crippen LogP contribution in [0.1, 0.15) is 6.42 Å². The van der Waals surface area contributed by atoms with E-state index in [1.165, 1.54) is 0 Å². The SMILES string of the molecule is O=C(Cl)OC1(C(F)(F)F)CCSC1. The van der Waals surface area contributed by atoms with Gasteiger partial charge >= 0.3 is 11.6 Å². The molecule has 0 bridgehead atoms. The van der Waals surface area contributed by atoms with Crippen molar-refractivity contribution >= 4 is 28.8 Å². The van der Waals surface area contributed by atoms with Crippen molar-refractivity contribution in [3.05, 3.63) is 0 Å². The van der Waals surface area contributed by atoms with Gasteiger partial charge in [-0.05, 0) is 5.75 Å². The quantitative estimate of drug-likeness (QED) is 0.653. The summed E-state index contributed by atoms with van der Waals surface area (Å²) in [7, 11) is 0. The highest BCUT2D eigenvalue weighted by molar-refractivity contribution is 7.99. The number of hydrogen-bond donors (Lipinski definition) is 0. The molecule has 0 aromatic carbocycles. The zero-order valence-electron chi connectivity index (χ0n) is 6.36. The molecule has 2 nitrogen and oxygen atoms in total. The molecule has 1 heterocycles. The Labute approximate surface area is 81.8 Å². The lowest BCUT2D eigenvalue weighted by atomic mass is 10.0. The van der Waals surface area contributed by atoms with Crippen molar-refractivity contribution in [2.24, 2.45) is 0 Å². The highest BCUT2D eigenvalue weighted by atomic mass is 35.5. The molecular weight excluding hydrogens is 229 g/mol. The highest BCUT2D eigenvalue weighted by Gasteiger charge is 2.59. The number of rotatable bonds is 1. The minimum Gasteiger partial charge on any atom is -0.436 e. The van der Waals surface area contributed by atoms with E-state index in [2.05, 4.69) is 4.74 Å². The second-order valence-electron chi connectivity index (χ2n) is 2.63. The van der Waals surface area contributed by atoms with Gasteiger partial charge < -0.3 is 4.74 Å². The monoisotopic (exact) mass is 234 g/mol. The molecule has 13 heavy (non-hydrogen) atoms. The lowest BCUT2D eigenvalue weighted by Gasteiger charge is -2.29. The maximum atomic E-state index is 12.4. The first-order chi connectivity index (χ1) is 5.87. The van der Waals surface area contributed by atoms with Crippen molar-refractivity contribution in [1.29, 1.82) is 0 Å². The Balaban J connectivity index is 2.81. The van der Waals surface area contributed by atoms with Crippen LogP contribution in [0, 0.1) is 0 Å². The Hall–Kier alpha value is -0.100. The summed E-state index contributed by atoms with van der Waals surface area (Å²) in [6.45, 7) is 0. The number of alkyl halides is 3. The van der Waals surface area contributed by atoms with E-state index in [1.54, 1.807) is 0 Å². The molecule has 1 rings (SSSR count). The number of carbonyl (C=O) groups is 1. The number of thioether (sulfide) groups is 1. The smallest absolute Gasteiger partial charge is 0.429 e. The third-order valence-corrected chi connectivity index (χ3v) is 3.02. The molecule has 0 saturated carbocycles. The Kier molecular flexibility index (Phi) is 3.01. The highest BCUT2D eigenvalue weighted by Crippen LogP contribution is 2.44. The maximum Gasteiger partial charge on any atom is 0.429 e. The van der Waals surface area contributed by atoms with Gasteiger partial charge in [0.15, 0.2) is 0 Å². The van der Waals surface area contributed by atoms with Crippen molar-refractivity contribution in [2.75, 3.05) is 11.5 Å². The van der Waals surface area contributed by atoms with Crippen LogP contribution >= 0.6 is 23.4 Å². The van der Waals surface area contributed by atoms with E-state index in [0.29, 0.717) is 5.75 Å². The molecule has 7 heteroatoms. The van der Waals surface area contributed by atoms with Crippen LogP contribution in [-0.2, 0) is 4.74 Å². The average molecular weight is 235 g/mol. The van der Waals surface area contributed by atoms with Gasteiger partial charge in [-0.15, -0.1) is 0 Å². The van der Waals surface area contributed by atoms with Crippen molar-refractivity contribution in [2.45, 2.75) is 18.2 Å². The zero-order valence-corrected chi connectivity index (χ0v) is 7.93. The van der Waals surface area contributed by atoms with Crippen LogP contribution in [-0.4, -0.2) is 28.7 Å². The van der Waals surface area contributed by atoms with E-state index < -0.39 is 17.2 Å². The molecule has 76 valence electrons. The van der Waals surface area contributed by atoms with Crippen LogP contribution in [0.5, 0.6) is 0 Å². The summed E-state index contributed by atoms with van der Waals surface area (Å²) in [5.41, 5.74) is -3.77. The third-order valence-electron chi connectivity index (χ3n) is 1.78. The van der Waals surface area contributed by atoms with Crippen LogP contribution in [0.3, 0.4) is 0 Å². The summed E-state index contributed by atoms with van der Waals surface area (Å²) in [6.07, 6.45) is -4.76. The fourth-order valence-corrected chi connectivity index (χ4v) is 2.52. The normalized spacial score (nSPS) is 28.9. The molecule has 0 aliphatic carbocycles. The molecule has 0 radical (unpaired) electrons. The Morgan fingerprint density at radius 1 is 1.54 bits per heavy atom. The molecule has 0 amide bonds. The summed E-state index contributed by atoms with van der Waals surface area (Å²) >= 11 is 5.88. The Morgan fingerprint density at radius 3 is 2.46 bits per heavy atom. The molecule has 1 aliphatic rings. The van der Waals surface area contributed by atoms with E-state index in [0.717, 1.165) is 11.8 Å². The summed E-state index contributed by atoms with van der Waals surface area (Å²) in [4.78, 5) is 10.3. The van der Waals surface area contributed by atoms with E-state index >= 15 is 0 Å². The molecule has 0 N–H and O–H groups in total. The minimum absolute atomic E-state index is 0.223. The Morgan fingerprint density at radius 2 is 2.15 bits per heavy atom. The van der Waals surface area contributed by atoms with Crippen molar-refractivity contribution in [3.63, 3.8) is 0 Å². The van der Waals surface area contributed by atoms with Gasteiger partial charge in [-0.3, -0.25) is 0 Å². The molecule has 0 aromatic rings. The summed E-state index contributed by atoms with van der Waals surface area (Å²) < 4.78 is 41.4. The number of hydrogen-bond acceptors (Lipinski definition) is 3. The van der Waals surface area contributed by atoms with Gasteiger partial charge in [0.1, 0.15) is 0 Å². The van der Waals surface area contributed by atoms with E-state index in [4.69, 9.17) is 11.6 Å². The van der Waals surface area contributed by atoms with Gasteiger partial charge in [0, 0.05) is 23.8 Å². The zero-order chi connectivity index (χ0) is 10.1. The topological polar surface area (TPSA) is 26.3 Å². The molecular formula is C6H6ClF3O2S. The summed E-state index contributed by atoms with van der Waals surface area (Å²) in [6, 6.07) is 0. The van der Waals surface area contributed by atoms with Gasteiger partial charge in [0.25, 0.3) is 0 Å². The van der Waals surface area contributed by atoms with Crippen molar-refractivity contribution < 1.29 is 22.7 Å². The van der Waals surface area contributed by atoms with Gasteiger partial charge in [-0.2, -0.15) is 24.9 Å². The van der Waals surface area contributed by atoms with Gasteiger partial charge in [-0.1, -0.05) is 0 Å². The molecule has 1 aliphatic heterocycles. The van der Waals surface area contributed by atoms with E-state index in [-0.39, 0.29) is 12.2 Å². The molecule has 0 spiro atoms. The van der Waals surface area contributed by atoms with Crippen LogP contribution in [0.25, 0.3) is 0 Å². The van der Waals surface area contributed by atoms with E-state index in [1.807, 2.05) is 0 Å². The largest absolute Gasteiger partial charge is 0.436 e. The van der Waals surface area contributed by atoms with Crippen LogP contribution in [0.2, 0.25) is 0 Å². The molecule has 1 atom stereocenters. The van der Waals surface area contributed by atoms with Crippen LogP contribution < -0.4 is 0 Å². The lowest BCUT2D eigenvalue weighted by Crippen LogP contribution is -2.48. The second kappa shape index (κ2) is 3.57. The number of halogens is 4. The van der Waals surface area contributed by atoms with Crippen molar-refractivity contribution in [3.8, 4) is 0 Å². The molecule has 1 fully saturated rings. The minimum atomic E-state index is -4.54. The second-order valence-corrected chi connectivity index (χ2v) is 4.05. The number of ether oxygens (including phenoxy) is 1. The summed E-state index contributed by atoms with van der Waals surface area (Å²) in [5, 5.41) is 0. The predicted octanol–water partition coefficient (Wildman–Crippen LogP) is 2.80. The van der Waals surface area contributed by atoms with Crippen LogP contribution in [0.4, 0.5) is 18.0 Å². The van der Waals surface area contributed by atoms with E-state index in [9.17, 15) is 18.0 Å². The molecule has 1 unspecified atom stereocenters. The van der Waals surface area contributed by atoms with Gasteiger partial charge in [0.05, 0.1) is 0 Å². The lowest BCUT2D eigenvalue weighted by molar-refractivity contribution is -0.245. The Bertz CT molecular complexity index is 212. The van der Waals surface area contributed by atoms with Gasteiger partial charge in [0.2, 0.25) is 5.60 Å². The fourth-order valence-electron chi connectivity index (χ4n) is 1.06. The van der Waals surface area contributed by atoms with Crippen LogP contribution in [0.15, 0.2) is 0 Å². The number of carbonyl (C=O) groups excluding carboxylic acids is 1. The van der Waals surface area contributed by atoms with Gasteiger partial charge in [-0.25, -0.2) is 4.79 Å². The first kappa shape index (κ1) is 11.0. The third kappa shape index (κ3) is 2.22. The molecule has 0 aromatic heterocycles. The fraction of sp³-hybridized carbons (Fsp3) is 0.833. The predicted molar refractivity (Wildman–Crippen MR) is 43.1 cm³/mol. The maximum absolute atomic E-state index is 12.4. The standard InChI is InChI=1S/C6H6ClF3O2S/c7-4(11)12-5(6(8,9)10)1-2-13-3-5/h1-3H2. The first-order valence-corrected chi connectivity index (χ1v) is 4.94. The first-order valence-electron chi connectivity index (χ1n) is 3.40. The molecule has 1 saturated heterocycles. The summed E-state index contributed by atoms with van der Waals surface area (Å²) in [5.74, 6) is 0.0542. The van der Waals surface area contributed by atoms with Crippen molar-refractivity contribution in [1.82, 2.24) is 0 Å².